The lowest BCUT2D eigenvalue weighted by atomic mass is 9.33. The Hall–Kier alpha value is -1.96. The van der Waals surface area contributed by atoms with Crippen LogP contribution in [0.3, 0.4) is 0 Å². The first-order chi connectivity index (χ1) is 31.9. The molecule has 24 atom stereocenters. The molecule has 5 aliphatic carbocycles. The van der Waals surface area contributed by atoms with Gasteiger partial charge in [0, 0.05) is 5.41 Å². The van der Waals surface area contributed by atoms with E-state index in [-0.39, 0.29) is 48.3 Å². The van der Waals surface area contributed by atoms with Crippen LogP contribution in [-0.4, -0.2) is 194 Å². The fourth-order valence-electron chi connectivity index (χ4n) is 15.0. The number of aliphatic hydroxyl groups is 11. The van der Waals surface area contributed by atoms with Crippen molar-refractivity contribution in [2.45, 2.75) is 191 Å². The molecular weight excluding hydrogens is 897 g/mol. The monoisotopic (exact) mass is 972 g/mol. The second kappa shape index (κ2) is 18.8. The Morgan fingerprint density at radius 1 is 0.676 bits per heavy atom. The summed E-state index contributed by atoms with van der Waals surface area (Å²) in [6, 6.07) is 0. The highest BCUT2D eigenvalue weighted by molar-refractivity contribution is 5.81. The van der Waals surface area contributed by atoms with Gasteiger partial charge >= 0.3 is 11.9 Å². The molecule has 20 heteroatoms. The van der Waals surface area contributed by atoms with E-state index in [2.05, 4.69) is 26.8 Å². The van der Waals surface area contributed by atoms with Crippen LogP contribution in [0.5, 0.6) is 0 Å². The summed E-state index contributed by atoms with van der Waals surface area (Å²) < 4.78 is 41.1. The number of allylic oxidation sites excluding steroid dienone is 2. The van der Waals surface area contributed by atoms with Gasteiger partial charge in [-0.3, -0.25) is 9.59 Å². The van der Waals surface area contributed by atoms with Crippen molar-refractivity contribution in [3.05, 3.63) is 11.6 Å². The highest BCUT2D eigenvalue weighted by atomic mass is 16.8. The number of carbonyl (C=O) groups is 2. The predicted molar refractivity (Wildman–Crippen MR) is 232 cm³/mol. The molecule has 3 saturated heterocycles. The number of aliphatic hydroxyl groups excluding tert-OH is 11. The van der Waals surface area contributed by atoms with Crippen LogP contribution >= 0.6 is 0 Å². The molecule has 0 bridgehead atoms. The molecule has 3 aliphatic heterocycles. The van der Waals surface area contributed by atoms with Crippen molar-refractivity contribution in [2.75, 3.05) is 33.5 Å². The zero-order valence-corrected chi connectivity index (χ0v) is 40.0. The van der Waals surface area contributed by atoms with Crippen molar-refractivity contribution < 1.29 is 98.9 Å². The average molecular weight is 973 g/mol. The van der Waals surface area contributed by atoms with E-state index >= 15 is 0 Å². The number of rotatable bonds is 10. The summed E-state index contributed by atoms with van der Waals surface area (Å²) in [7, 11) is 1.35. The maximum atomic E-state index is 14.8. The van der Waals surface area contributed by atoms with Gasteiger partial charge in [0.15, 0.2) is 12.6 Å². The normalized spacial score (nSPS) is 53.7. The second-order valence-electron chi connectivity index (χ2n) is 22.7. The third-order valence-corrected chi connectivity index (χ3v) is 19.5. The number of fused-ring (bicyclic) bond motifs is 7. The van der Waals surface area contributed by atoms with E-state index in [1.165, 1.54) is 7.11 Å². The van der Waals surface area contributed by atoms with Gasteiger partial charge in [0.05, 0.1) is 50.5 Å². The largest absolute Gasteiger partial charge is 0.469 e. The number of ether oxygens (including phenoxy) is 7. The van der Waals surface area contributed by atoms with Gasteiger partial charge in [-0.1, -0.05) is 39.3 Å². The van der Waals surface area contributed by atoms with Gasteiger partial charge in [-0.05, 0) is 105 Å². The second-order valence-corrected chi connectivity index (χ2v) is 22.7. The Balaban J connectivity index is 1.07. The third-order valence-electron chi connectivity index (χ3n) is 19.5. The fraction of sp³-hybridized carbons (Fsp3) is 0.917. The lowest BCUT2D eigenvalue weighted by molar-refractivity contribution is -0.368. The Labute approximate surface area is 396 Å². The molecule has 0 aromatic heterocycles. The molecule has 0 aromatic rings. The molecule has 3 heterocycles. The minimum absolute atomic E-state index is 0.0867. The number of esters is 2. The summed E-state index contributed by atoms with van der Waals surface area (Å²) in [5.41, 5.74) is -3.03. The van der Waals surface area contributed by atoms with E-state index in [9.17, 15) is 65.8 Å². The molecular formula is C48H76O20. The lowest BCUT2D eigenvalue weighted by Crippen LogP contribution is -2.67. The molecule has 8 rings (SSSR count). The van der Waals surface area contributed by atoms with E-state index in [1.807, 2.05) is 13.8 Å². The van der Waals surface area contributed by atoms with Crippen LogP contribution in [0.15, 0.2) is 11.6 Å². The van der Waals surface area contributed by atoms with Gasteiger partial charge in [0.25, 0.3) is 0 Å². The zero-order chi connectivity index (χ0) is 49.7. The average Bonchev–Trinajstić information content (AvgIpc) is 3.32. The number of hydrogen-bond donors (Lipinski definition) is 11. The first kappa shape index (κ1) is 52.4. The number of hydrogen-bond acceptors (Lipinski definition) is 20. The Morgan fingerprint density at radius 3 is 1.91 bits per heavy atom. The van der Waals surface area contributed by atoms with Crippen LogP contribution in [-0.2, 0) is 42.7 Å². The summed E-state index contributed by atoms with van der Waals surface area (Å²) in [5, 5.41) is 116. The van der Waals surface area contributed by atoms with Gasteiger partial charge in [0.2, 0.25) is 6.29 Å². The molecule has 0 spiro atoms. The van der Waals surface area contributed by atoms with Gasteiger partial charge in [-0.25, -0.2) is 0 Å². The summed E-state index contributed by atoms with van der Waals surface area (Å²) >= 11 is 0. The van der Waals surface area contributed by atoms with Crippen LogP contribution in [0.4, 0.5) is 0 Å². The fourth-order valence-corrected chi connectivity index (χ4v) is 15.0. The maximum absolute atomic E-state index is 14.8. The van der Waals surface area contributed by atoms with Crippen LogP contribution < -0.4 is 0 Å². The first-order valence-corrected chi connectivity index (χ1v) is 24.5. The molecule has 7 fully saturated rings. The van der Waals surface area contributed by atoms with Crippen molar-refractivity contribution in [1.29, 1.82) is 0 Å². The smallest absolute Gasteiger partial charge is 0.315 e. The Bertz CT molecular complexity index is 1880. The van der Waals surface area contributed by atoms with Crippen molar-refractivity contribution in [3.63, 3.8) is 0 Å². The lowest BCUT2D eigenvalue weighted by Gasteiger charge is -2.71. The van der Waals surface area contributed by atoms with Gasteiger partial charge in [0.1, 0.15) is 67.1 Å². The van der Waals surface area contributed by atoms with Crippen LogP contribution in [0, 0.1) is 50.2 Å². The van der Waals surface area contributed by atoms with Crippen LogP contribution in [0.25, 0.3) is 0 Å². The minimum Gasteiger partial charge on any atom is -0.469 e. The minimum atomic E-state index is -1.79. The first-order valence-electron chi connectivity index (χ1n) is 24.5. The molecule has 8 aliphatic rings. The maximum Gasteiger partial charge on any atom is 0.315 e. The topological polar surface area (TPSA) is 321 Å². The highest BCUT2D eigenvalue weighted by Gasteiger charge is 2.71. The SMILES string of the molecule is COC(=O)C1(C)CCC2(C(=O)OC3OC(CO)C(O)C(O)C3O)CCC3(C)C(=CCC4C5(C)CCC(OC6OCC(O)C(O)C6OC6OC(CO)C(O)C(O)C6O)C(C)(CO)C5CCC43C)C2C1. The predicted octanol–water partition coefficient (Wildman–Crippen LogP) is -1.09. The molecule has 388 valence electrons. The molecule has 0 aromatic carbocycles. The number of methoxy groups -OCH3 is 1. The molecule has 11 N–H and O–H groups in total. The van der Waals surface area contributed by atoms with E-state index in [1.54, 1.807) is 0 Å². The van der Waals surface area contributed by atoms with Crippen molar-refractivity contribution in [2.24, 2.45) is 50.2 Å². The van der Waals surface area contributed by atoms with Gasteiger partial charge < -0.3 is 89.3 Å². The summed E-state index contributed by atoms with van der Waals surface area (Å²) in [6.07, 6.45) is -15.3. The molecule has 0 amide bonds. The zero-order valence-electron chi connectivity index (χ0n) is 40.0. The van der Waals surface area contributed by atoms with E-state index < -0.39 is 139 Å². The van der Waals surface area contributed by atoms with Crippen molar-refractivity contribution in [3.8, 4) is 0 Å². The van der Waals surface area contributed by atoms with E-state index in [4.69, 9.17) is 33.2 Å². The molecule has 0 radical (unpaired) electrons. The Kier molecular flexibility index (Phi) is 14.5. The standard InChI is InChI=1S/C48H76O20/c1-43(41(60)62-6)13-15-48(42(61)68-39-36(59)34(57)32(55)26(19-50)65-39)16-14-46(4)22(23(48)17-43)7-8-28-44(2)11-10-29(45(3,21-51)27(44)9-12-47(28,46)5)66-40-37(30(53)24(52)20-63-40)67-38-35(58)33(56)31(54)25(18-49)64-38/h7,23-40,49-59H,8-21H2,1-6H3. The third kappa shape index (κ3) is 7.94. The van der Waals surface area contributed by atoms with Crippen molar-refractivity contribution >= 4 is 11.9 Å². The molecule has 4 saturated carbocycles. The van der Waals surface area contributed by atoms with Gasteiger partial charge in [-0.2, -0.15) is 0 Å². The number of carbonyl (C=O) groups excluding carboxylic acids is 2. The summed E-state index contributed by atoms with van der Waals surface area (Å²) in [6.45, 7) is 8.76. The summed E-state index contributed by atoms with van der Waals surface area (Å²) in [5.74, 6) is -1.51. The van der Waals surface area contributed by atoms with Crippen LogP contribution in [0.1, 0.15) is 98.8 Å². The highest BCUT2D eigenvalue weighted by Crippen LogP contribution is 2.76. The quantitative estimate of drug-likeness (QED) is 0.0704. The van der Waals surface area contributed by atoms with Crippen LogP contribution in [0.2, 0.25) is 0 Å². The molecule has 68 heavy (non-hydrogen) atoms. The van der Waals surface area contributed by atoms with Gasteiger partial charge in [-0.15, -0.1) is 0 Å². The molecule has 24 unspecified atom stereocenters. The van der Waals surface area contributed by atoms with E-state index in [0.717, 1.165) is 12.0 Å². The van der Waals surface area contributed by atoms with Crippen molar-refractivity contribution in [1.82, 2.24) is 0 Å². The molecule has 20 nitrogen and oxygen atoms in total. The summed E-state index contributed by atoms with van der Waals surface area (Å²) in [4.78, 5) is 28.3. The Morgan fingerprint density at radius 2 is 1.29 bits per heavy atom. The van der Waals surface area contributed by atoms with E-state index in [0.29, 0.717) is 51.4 Å².